The van der Waals surface area contributed by atoms with Gasteiger partial charge in [-0.25, -0.2) is 15.0 Å². The number of imidazole rings is 1. The lowest BCUT2D eigenvalue weighted by Gasteiger charge is -2.30. The Morgan fingerprint density at radius 3 is 2.00 bits per heavy atom. The quantitative estimate of drug-likeness (QED) is 0.787. The number of nitrogens with zero attached hydrogens (tertiary/aromatic N) is 4. The predicted octanol–water partition coefficient (Wildman–Crippen LogP) is 3.39. The molecule has 0 aliphatic heterocycles. The molecule has 0 spiro atoms. The minimum atomic E-state index is 0.00347. The Morgan fingerprint density at radius 1 is 0.947 bits per heavy atom. The van der Waals surface area contributed by atoms with Crippen LogP contribution in [0.25, 0.3) is 11.3 Å². The summed E-state index contributed by atoms with van der Waals surface area (Å²) in [5.41, 5.74) is 3.17. The van der Waals surface area contributed by atoms with E-state index in [1.807, 2.05) is 18.7 Å². The summed E-state index contributed by atoms with van der Waals surface area (Å²) in [4.78, 5) is 12.8. The average molecular weight is 258 g/mol. The molecule has 4 nitrogen and oxygen atoms in total. The van der Waals surface area contributed by atoms with E-state index in [2.05, 4.69) is 61.1 Å². The third kappa shape index (κ3) is 2.67. The van der Waals surface area contributed by atoms with E-state index in [4.69, 9.17) is 0 Å². The van der Waals surface area contributed by atoms with Gasteiger partial charge in [0.15, 0.2) is 0 Å². The molecule has 0 aliphatic rings. The van der Waals surface area contributed by atoms with Crippen molar-refractivity contribution in [2.75, 3.05) is 0 Å². The summed E-state index contributed by atoms with van der Waals surface area (Å²) >= 11 is 0. The van der Waals surface area contributed by atoms with Crippen molar-refractivity contribution >= 4 is 0 Å². The van der Waals surface area contributed by atoms with Crippen molar-refractivity contribution in [2.24, 2.45) is 0 Å². The number of rotatable bonds is 1. The van der Waals surface area contributed by atoms with Gasteiger partial charge in [0, 0.05) is 28.9 Å². The molecule has 0 saturated carbocycles. The maximum Gasteiger partial charge on any atom is 0.115 e. The number of aromatic nitrogens is 4. The van der Waals surface area contributed by atoms with E-state index in [9.17, 15) is 0 Å². The van der Waals surface area contributed by atoms with Gasteiger partial charge in [0.2, 0.25) is 0 Å². The molecule has 0 unspecified atom stereocenters. The Balaban J connectivity index is 2.68. The molecule has 2 aromatic heterocycles. The molecule has 4 heteroatoms. The molecule has 19 heavy (non-hydrogen) atoms. The van der Waals surface area contributed by atoms with Gasteiger partial charge in [-0.05, 0) is 20.8 Å². The van der Waals surface area contributed by atoms with Gasteiger partial charge < -0.3 is 4.57 Å². The molecule has 102 valence electrons. The van der Waals surface area contributed by atoms with Crippen LogP contribution < -0.4 is 0 Å². The first-order valence-corrected chi connectivity index (χ1v) is 6.55. The number of hydrogen-bond donors (Lipinski definition) is 0. The minimum absolute atomic E-state index is 0.00347. The summed E-state index contributed by atoms with van der Waals surface area (Å²) in [6, 6.07) is 0. The zero-order valence-electron chi connectivity index (χ0n) is 12.6. The third-order valence-electron chi connectivity index (χ3n) is 3.03. The smallest absolute Gasteiger partial charge is 0.115 e. The molecule has 2 rings (SSSR count). The SMILES string of the molecule is CC(C)(C)c1c(-c2cncnc2)ncn1C(C)(C)C. The summed E-state index contributed by atoms with van der Waals surface area (Å²) in [7, 11) is 0. The molecule has 0 radical (unpaired) electrons. The molecule has 0 bridgehead atoms. The fourth-order valence-corrected chi connectivity index (χ4v) is 2.21. The van der Waals surface area contributed by atoms with Gasteiger partial charge in [-0.15, -0.1) is 0 Å². The van der Waals surface area contributed by atoms with Crippen molar-refractivity contribution < 1.29 is 0 Å². The van der Waals surface area contributed by atoms with E-state index < -0.39 is 0 Å². The summed E-state index contributed by atoms with van der Waals surface area (Å²) < 4.78 is 2.25. The molecular weight excluding hydrogens is 236 g/mol. The zero-order valence-corrected chi connectivity index (χ0v) is 12.6. The van der Waals surface area contributed by atoms with Crippen LogP contribution in [-0.4, -0.2) is 19.5 Å². The molecule has 0 aromatic carbocycles. The van der Waals surface area contributed by atoms with Gasteiger partial charge in [0.25, 0.3) is 0 Å². The van der Waals surface area contributed by atoms with Crippen LogP contribution in [0.5, 0.6) is 0 Å². The van der Waals surface area contributed by atoms with Crippen molar-refractivity contribution in [3.63, 3.8) is 0 Å². The van der Waals surface area contributed by atoms with Crippen molar-refractivity contribution in [1.82, 2.24) is 19.5 Å². The molecule has 0 atom stereocenters. The Kier molecular flexibility index (Phi) is 3.20. The van der Waals surface area contributed by atoms with Gasteiger partial charge in [0.05, 0.1) is 17.7 Å². The Bertz CT molecular complexity index is 556. The second-order valence-electron chi connectivity index (χ2n) is 6.86. The van der Waals surface area contributed by atoms with Crippen molar-refractivity contribution in [1.29, 1.82) is 0 Å². The highest BCUT2D eigenvalue weighted by molar-refractivity contribution is 5.61. The maximum atomic E-state index is 4.60. The second kappa shape index (κ2) is 4.44. The van der Waals surface area contributed by atoms with Crippen LogP contribution in [0, 0.1) is 0 Å². The van der Waals surface area contributed by atoms with Crippen LogP contribution in [0.1, 0.15) is 47.2 Å². The highest BCUT2D eigenvalue weighted by Crippen LogP contribution is 2.34. The van der Waals surface area contributed by atoms with Crippen LogP contribution in [0.3, 0.4) is 0 Å². The van der Waals surface area contributed by atoms with Gasteiger partial charge in [-0.3, -0.25) is 0 Å². The van der Waals surface area contributed by atoms with E-state index >= 15 is 0 Å². The lowest BCUT2D eigenvalue weighted by Crippen LogP contribution is -2.28. The summed E-state index contributed by atoms with van der Waals surface area (Å²) in [6.45, 7) is 13.2. The van der Waals surface area contributed by atoms with Gasteiger partial charge in [-0.1, -0.05) is 20.8 Å². The van der Waals surface area contributed by atoms with Gasteiger partial charge in [-0.2, -0.15) is 0 Å². The predicted molar refractivity (Wildman–Crippen MR) is 76.9 cm³/mol. The van der Waals surface area contributed by atoms with Crippen molar-refractivity contribution in [3.05, 3.63) is 30.7 Å². The second-order valence-corrected chi connectivity index (χ2v) is 6.86. The normalized spacial score (nSPS) is 12.7. The largest absolute Gasteiger partial charge is 0.328 e. The van der Waals surface area contributed by atoms with E-state index in [0.717, 1.165) is 11.3 Å². The fraction of sp³-hybridized carbons (Fsp3) is 0.533. The maximum absolute atomic E-state index is 4.60. The first-order chi connectivity index (χ1) is 8.71. The van der Waals surface area contributed by atoms with Gasteiger partial charge in [0.1, 0.15) is 6.33 Å². The molecule has 0 saturated heterocycles. The molecule has 2 aromatic rings. The van der Waals surface area contributed by atoms with E-state index in [1.54, 1.807) is 6.33 Å². The molecule has 0 N–H and O–H groups in total. The molecule has 0 aliphatic carbocycles. The Hall–Kier alpha value is -1.71. The summed E-state index contributed by atoms with van der Waals surface area (Å²) in [5.74, 6) is 0. The first-order valence-electron chi connectivity index (χ1n) is 6.55. The first kappa shape index (κ1) is 13.7. The van der Waals surface area contributed by atoms with Crippen LogP contribution in [-0.2, 0) is 11.0 Å². The van der Waals surface area contributed by atoms with E-state index in [0.29, 0.717) is 0 Å². The summed E-state index contributed by atoms with van der Waals surface area (Å²) in [6.07, 6.45) is 7.10. The fourth-order valence-electron chi connectivity index (χ4n) is 2.21. The van der Waals surface area contributed by atoms with Crippen LogP contribution in [0.15, 0.2) is 25.0 Å². The van der Waals surface area contributed by atoms with E-state index in [1.165, 1.54) is 5.69 Å². The Morgan fingerprint density at radius 2 is 1.53 bits per heavy atom. The monoisotopic (exact) mass is 258 g/mol. The standard InChI is InChI=1S/C15H22N4/c1-14(2,3)13-12(11-7-16-9-17-8-11)18-10-19(13)15(4,5)6/h7-10H,1-6H3. The highest BCUT2D eigenvalue weighted by Gasteiger charge is 2.29. The van der Waals surface area contributed by atoms with Gasteiger partial charge >= 0.3 is 0 Å². The Labute approximate surface area is 114 Å². The number of hydrogen-bond acceptors (Lipinski definition) is 3. The third-order valence-corrected chi connectivity index (χ3v) is 3.03. The van der Waals surface area contributed by atoms with Crippen molar-refractivity contribution in [2.45, 2.75) is 52.5 Å². The minimum Gasteiger partial charge on any atom is -0.328 e. The van der Waals surface area contributed by atoms with Crippen molar-refractivity contribution in [3.8, 4) is 11.3 Å². The average Bonchev–Trinajstić information content (AvgIpc) is 2.74. The van der Waals surface area contributed by atoms with E-state index in [-0.39, 0.29) is 11.0 Å². The lowest BCUT2D eigenvalue weighted by atomic mass is 9.88. The molecule has 2 heterocycles. The summed E-state index contributed by atoms with van der Waals surface area (Å²) in [5, 5.41) is 0. The topological polar surface area (TPSA) is 43.6 Å². The zero-order chi connectivity index (χ0) is 14.3. The lowest BCUT2D eigenvalue weighted by molar-refractivity contribution is 0.360. The molecular formula is C15H22N4. The van der Waals surface area contributed by atoms with Crippen LogP contribution >= 0.6 is 0 Å². The molecule has 0 fully saturated rings. The molecule has 0 amide bonds. The highest BCUT2D eigenvalue weighted by atomic mass is 15.1. The van der Waals surface area contributed by atoms with Crippen LogP contribution in [0.2, 0.25) is 0 Å². The van der Waals surface area contributed by atoms with Crippen LogP contribution in [0.4, 0.5) is 0 Å².